The van der Waals surface area contributed by atoms with Crippen LogP contribution < -0.4 is 5.73 Å². The summed E-state index contributed by atoms with van der Waals surface area (Å²) in [5.74, 6) is 0.874. The van der Waals surface area contributed by atoms with Crippen LogP contribution in [0.3, 0.4) is 0 Å². The van der Waals surface area contributed by atoms with Crippen LogP contribution in [-0.4, -0.2) is 26.0 Å². The SMILES string of the molecule is CCC[C@@H](N)C1CCS(=O)(=O)C1. The van der Waals surface area contributed by atoms with E-state index in [0.717, 1.165) is 19.3 Å². The highest BCUT2D eigenvalue weighted by Crippen LogP contribution is 2.22. The summed E-state index contributed by atoms with van der Waals surface area (Å²) >= 11 is 0. The van der Waals surface area contributed by atoms with Gasteiger partial charge in [-0.05, 0) is 18.8 Å². The van der Waals surface area contributed by atoms with E-state index < -0.39 is 9.84 Å². The second kappa shape index (κ2) is 3.75. The predicted octanol–water partition coefficient (Wildman–Crippen LogP) is 0.548. The predicted molar refractivity (Wildman–Crippen MR) is 49.6 cm³/mol. The molecule has 3 nitrogen and oxygen atoms in total. The Morgan fingerprint density at radius 3 is 2.67 bits per heavy atom. The summed E-state index contributed by atoms with van der Waals surface area (Å²) in [7, 11) is -2.74. The Balaban J connectivity index is 2.46. The molecule has 1 unspecified atom stereocenters. The minimum absolute atomic E-state index is 0.0901. The van der Waals surface area contributed by atoms with Crippen LogP contribution in [0.2, 0.25) is 0 Å². The maximum Gasteiger partial charge on any atom is 0.150 e. The van der Waals surface area contributed by atoms with E-state index in [1.165, 1.54) is 0 Å². The van der Waals surface area contributed by atoms with Gasteiger partial charge in [-0.3, -0.25) is 0 Å². The molecule has 1 aliphatic rings. The number of nitrogens with two attached hydrogens (primary N) is 1. The first-order chi connectivity index (χ1) is 5.55. The molecule has 4 heteroatoms. The quantitative estimate of drug-likeness (QED) is 0.708. The Morgan fingerprint density at radius 2 is 2.25 bits per heavy atom. The fraction of sp³-hybridized carbons (Fsp3) is 1.00. The molecule has 1 heterocycles. The molecule has 0 amide bonds. The first kappa shape index (κ1) is 9.99. The Bertz CT molecular complexity index is 235. The highest BCUT2D eigenvalue weighted by atomic mass is 32.2. The van der Waals surface area contributed by atoms with Gasteiger partial charge in [0, 0.05) is 6.04 Å². The van der Waals surface area contributed by atoms with Crippen LogP contribution in [0, 0.1) is 5.92 Å². The van der Waals surface area contributed by atoms with E-state index >= 15 is 0 Å². The van der Waals surface area contributed by atoms with Crippen molar-refractivity contribution in [1.82, 2.24) is 0 Å². The molecule has 0 aromatic carbocycles. The minimum atomic E-state index is -2.74. The van der Waals surface area contributed by atoms with E-state index in [-0.39, 0.29) is 12.0 Å². The fourth-order valence-corrected chi connectivity index (χ4v) is 3.63. The van der Waals surface area contributed by atoms with Crippen LogP contribution in [0.1, 0.15) is 26.2 Å². The van der Waals surface area contributed by atoms with Crippen molar-refractivity contribution in [3.05, 3.63) is 0 Å². The Hall–Kier alpha value is -0.0900. The van der Waals surface area contributed by atoms with E-state index in [9.17, 15) is 8.42 Å². The Labute approximate surface area is 74.3 Å². The standard InChI is InChI=1S/C8H17NO2S/c1-2-3-8(9)7-4-5-12(10,11)6-7/h7-8H,2-6,9H2,1H3/t7?,8-/m1/s1. The molecule has 1 fully saturated rings. The normalized spacial score (nSPS) is 30.3. The molecule has 0 aromatic heterocycles. The number of hydrogen-bond donors (Lipinski definition) is 1. The van der Waals surface area contributed by atoms with E-state index in [2.05, 4.69) is 6.92 Å². The minimum Gasteiger partial charge on any atom is -0.327 e. The first-order valence-electron chi connectivity index (χ1n) is 4.51. The fourth-order valence-electron chi connectivity index (χ4n) is 1.73. The maximum absolute atomic E-state index is 11.1. The van der Waals surface area contributed by atoms with Crippen molar-refractivity contribution in [3.63, 3.8) is 0 Å². The molecule has 1 aliphatic heterocycles. The van der Waals surface area contributed by atoms with E-state index in [1.807, 2.05) is 0 Å². The van der Waals surface area contributed by atoms with Gasteiger partial charge in [0.25, 0.3) is 0 Å². The zero-order chi connectivity index (χ0) is 9.19. The van der Waals surface area contributed by atoms with Gasteiger partial charge in [0.15, 0.2) is 9.84 Å². The van der Waals surface area contributed by atoms with Crippen LogP contribution in [-0.2, 0) is 9.84 Å². The largest absolute Gasteiger partial charge is 0.327 e. The zero-order valence-electron chi connectivity index (χ0n) is 7.49. The second-order valence-electron chi connectivity index (χ2n) is 3.62. The Morgan fingerprint density at radius 1 is 1.58 bits per heavy atom. The highest BCUT2D eigenvalue weighted by Gasteiger charge is 2.31. The third-order valence-corrected chi connectivity index (χ3v) is 4.29. The topological polar surface area (TPSA) is 60.2 Å². The molecule has 0 radical (unpaired) electrons. The molecular weight excluding hydrogens is 174 g/mol. The lowest BCUT2D eigenvalue weighted by atomic mass is 9.96. The third kappa shape index (κ3) is 2.45. The number of rotatable bonds is 3. The number of hydrogen-bond acceptors (Lipinski definition) is 3. The van der Waals surface area contributed by atoms with Crippen LogP contribution in [0.25, 0.3) is 0 Å². The van der Waals surface area contributed by atoms with Gasteiger partial charge < -0.3 is 5.73 Å². The average Bonchev–Trinajstić information content (AvgIpc) is 2.31. The van der Waals surface area contributed by atoms with Crippen LogP contribution in [0.5, 0.6) is 0 Å². The van der Waals surface area contributed by atoms with Crippen molar-refractivity contribution < 1.29 is 8.42 Å². The highest BCUT2D eigenvalue weighted by molar-refractivity contribution is 7.91. The smallest absolute Gasteiger partial charge is 0.150 e. The third-order valence-electron chi connectivity index (χ3n) is 2.50. The van der Waals surface area contributed by atoms with Gasteiger partial charge in [-0.15, -0.1) is 0 Å². The number of sulfone groups is 1. The maximum atomic E-state index is 11.1. The molecule has 0 saturated carbocycles. The summed E-state index contributed by atoms with van der Waals surface area (Å²) in [5, 5.41) is 0. The lowest BCUT2D eigenvalue weighted by Crippen LogP contribution is -2.30. The van der Waals surface area contributed by atoms with E-state index in [4.69, 9.17) is 5.73 Å². The summed E-state index contributed by atoms with van der Waals surface area (Å²) in [4.78, 5) is 0. The van der Waals surface area contributed by atoms with Crippen molar-refractivity contribution in [1.29, 1.82) is 0 Å². The summed E-state index contributed by atoms with van der Waals surface area (Å²) < 4.78 is 22.2. The van der Waals surface area contributed by atoms with Crippen molar-refractivity contribution >= 4 is 9.84 Å². The van der Waals surface area contributed by atoms with Gasteiger partial charge in [-0.25, -0.2) is 8.42 Å². The van der Waals surface area contributed by atoms with Crippen LogP contribution in [0.4, 0.5) is 0 Å². The molecule has 0 aromatic rings. The summed E-state index contributed by atoms with van der Waals surface area (Å²) in [6.45, 7) is 2.07. The van der Waals surface area contributed by atoms with Gasteiger partial charge in [-0.1, -0.05) is 13.3 Å². The summed E-state index contributed by atoms with van der Waals surface area (Å²) in [6, 6.07) is 0.0901. The van der Waals surface area contributed by atoms with Gasteiger partial charge in [0.1, 0.15) is 0 Å². The monoisotopic (exact) mass is 191 g/mol. The van der Waals surface area contributed by atoms with Gasteiger partial charge >= 0.3 is 0 Å². The average molecular weight is 191 g/mol. The molecule has 2 N–H and O–H groups in total. The van der Waals surface area contributed by atoms with Crippen molar-refractivity contribution in [2.45, 2.75) is 32.2 Å². The zero-order valence-corrected chi connectivity index (χ0v) is 8.31. The molecule has 0 spiro atoms. The molecular formula is C8H17NO2S. The molecule has 0 bridgehead atoms. The summed E-state index contributed by atoms with van der Waals surface area (Å²) in [6.07, 6.45) is 2.75. The first-order valence-corrected chi connectivity index (χ1v) is 6.33. The van der Waals surface area contributed by atoms with Gasteiger partial charge in [0.2, 0.25) is 0 Å². The molecule has 12 heavy (non-hydrogen) atoms. The lowest BCUT2D eigenvalue weighted by molar-refractivity contribution is 0.435. The van der Waals surface area contributed by atoms with Crippen molar-refractivity contribution in [2.75, 3.05) is 11.5 Å². The van der Waals surface area contributed by atoms with Crippen molar-refractivity contribution in [3.8, 4) is 0 Å². The summed E-state index contributed by atoms with van der Waals surface area (Å²) in [5.41, 5.74) is 5.85. The van der Waals surface area contributed by atoms with Crippen LogP contribution in [0.15, 0.2) is 0 Å². The molecule has 2 atom stereocenters. The lowest BCUT2D eigenvalue weighted by Gasteiger charge is -2.16. The molecule has 1 rings (SSSR count). The molecule has 0 aliphatic carbocycles. The molecule has 72 valence electrons. The molecule has 1 saturated heterocycles. The van der Waals surface area contributed by atoms with E-state index in [1.54, 1.807) is 0 Å². The van der Waals surface area contributed by atoms with Gasteiger partial charge in [-0.2, -0.15) is 0 Å². The van der Waals surface area contributed by atoms with E-state index in [0.29, 0.717) is 11.5 Å². The van der Waals surface area contributed by atoms with Crippen molar-refractivity contribution in [2.24, 2.45) is 11.7 Å². The second-order valence-corrected chi connectivity index (χ2v) is 5.84. The van der Waals surface area contributed by atoms with Crippen LogP contribution >= 0.6 is 0 Å². The van der Waals surface area contributed by atoms with Gasteiger partial charge in [0.05, 0.1) is 11.5 Å². The Kier molecular flexibility index (Phi) is 3.12.